The maximum atomic E-state index is 4.48. The second-order valence-corrected chi connectivity index (χ2v) is 5.58. The van der Waals surface area contributed by atoms with Gasteiger partial charge < -0.3 is 0 Å². The van der Waals surface area contributed by atoms with Gasteiger partial charge in [-0.3, -0.25) is 0 Å². The minimum Gasteiger partial charge on any atom is -0.151 e. The molecule has 0 saturated carbocycles. The molecular formula is C22H16N2. The van der Waals surface area contributed by atoms with Crippen LogP contribution in [0.1, 0.15) is 0 Å². The van der Waals surface area contributed by atoms with Crippen molar-refractivity contribution in [3.8, 4) is 11.1 Å². The molecule has 0 amide bonds. The Kier molecular flexibility index (Phi) is 3.86. The topological polar surface area (TPSA) is 24.7 Å². The average molecular weight is 308 g/mol. The van der Waals surface area contributed by atoms with Gasteiger partial charge in [0.05, 0.1) is 11.4 Å². The monoisotopic (exact) mass is 308 g/mol. The highest BCUT2D eigenvalue weighted by molar-refractivity contribution is 5.99. The van der Waals surface area contributed by atoms with Crippen molar-refractivity contribution in [2.24, 2.45) is 10.2 Å². The van der Waals surface area contributed by atoms with Gasteiger partial charge in [0.1, 0.15) is 0 Å². The van der Waals surface area contributed by atoms with Gasteiger partial charge in [0.25, 0.3) is 0 Å². The van der Waals surface area contributed by atoms with E-state index >= 15 is 0 Å². The summed E-state index contributed by atoms with van der Waals surface area (Å²) in [4.78, 5) is 0. The first-order valence-electron chi connectivity index (χ1n) is 7.96. The first kappa shape index (κ1) is 14.3. The first-order valence-corrected chi connectivity index (χ1v) is 7.96. The highest BCUT2D eigenvalue weighted by Crippen LogP contribution is 2.35. The lowest BCUT2D eigenvalue weighted by molar-refractivity contribution is 1.23. The van der Waals surface area contributed by atoms with Crippen LogP contribution in [0.25, 0.3) is 21.9 Å². The highest BCUT2D eigenvalue weighted by atomic mass is 15.1. The van der Waals surface area contributed by atoms with Crippen molar-refractivity contribution in [3.05, 3.63) is 97.1 Å². The van der Waals surface area contributed by atoms with E-state index in [4.69, 9.17) is 0 Å². The molecule has 4 aromatic carbocycles. The zero-order valence-electron chi connectivity index (χ0n) is 13.1. The lowest BCUT2D eigenvalue weighted by atomic mass is 9.97. The van der Waals surface area contributed by atoms with Gasteiger partial charge >= 0.3 is 0 Å². The molecule has 0 radical (unpaired) electrons. The average Bonchev–Trinajstić information content (AvgIpc) is 2.67. The maximum absolute atomic E-state index is 4.48. The predicted octanol–water partition coefficient (Wildman–Crippen LogP) is 6.92. The Morgan fingerprint density at radius 1 is 0.458 bits per heavy atom. The van der Waals surface area contributed by atoms with E-state index in [0.29, 0.717) is 0 Å². The smallest absolute Gasteiger partial charge is 0.0935 e. The van der Waals surface area contributed by atoms with Gasteiger partial charge in [0.15, 0.2) is 0 Å². The second-order valence-electron chi connectivity index (χ2n) is 5.58. The van der Waals surface area contributed by atoms with Crippen LogP contribution in [0.15, 0.2) is 107 Å². The summed E-state index contributed by atoms with van der Waals surface area (Å²) in [7, 11) is 0. The van der Waals surface area contributed by atoms with Gasteiger partial charge in [0.2, 0.25) is 0 Å². The number of azo groups is 1. The molecule has 0 fully saturated rings. The molecule has 114 valence electrons. The quantitative estimate of drug-likeness (QED) is 0.367. The molecule has 0 aromatic heterocycles. The van der Waals surface area contributed by atoms with E-state index in [-0.39, 0.29) is 0 Å². The van der Waals surface area contributed by atoms with Crippen LogP contribution < -0.4 is 0 Å². The SMILES string of the molecule is c1ccc(N=Nc2ccccc2-c2cccc3ccccc23)cc1. The van der Waals surface area contributed by atoms with Crippen molar-refractivity contribution in [1.29, 1.82) is 0 Å². The molecule has 4 rings (SSSR count). The summed E-state index contributed by atoms with van der Waals surface area (Å²) in [5, 5.41) is 11.3. The molecule has 0 aliphatic rings. The van der Waals surface area contributed by atoms with Crippen LogP contribution in [0.3, 0.4) is 0 Å². The largest absolute Gasteiger partial charge is 0.151 e. The number of hydrogen-bond donors (Lipinski definition) is 0. The Hall–Kier alpha value is -3.26. The molecule has 2 heteroatoms. The number of benzene rings is 4. The normalized spacial score (nSPS) is 11.2. The van der Waals surface area contributed by atoms with Crippen molar-refractivity contribution in [3.63, 3.8) is 0 Å². The summed E-state index contributed by atoms with van der Waals surface area (Å²) in [6, 6.07) is 32.7. The summed E-state index contributed by atoms with van der Waals surface area (Å²) < 4.78 is 0. The molecule has 0 atom stereocenters. The van der Waals surface area contributed by atoms with Crippen molar-refractivity contribution in [1.82, 2.24) is 0 Å². The number of rotatable bonds is 3. The van der Waals surface area contributed by atoms with Gasteiger partial charge in [-0.2, -0.15) is 5.11 Å². The molecule has 0 unspecified atom stereocenters. The third-order valence-electron chi connectivity index (χ3n) is 4.01. The Balaban J connectivity index is 1.83. The molecule has 0 aliphatic carbocycles. The van der Waals surface area contributed by atoms with E-state index in [1.165, 1.54) is 16.3 Å². The summed E-state index contributed by atoms with van der Waals surface area (Å²) in [6.07, 6.45) is 0. The minimum absolute atomic E-state index is 0.852. The van der Waals surface area contributed by atoms with Crippen LogP contribution in [0.4, 0.5) is 11.4 Å². The lowest BCUT2D eigenvalue weighted by Gasteiger charge is -2.09. The molecule has 0 heterocycles. The Morgan fingerprint density at radius 3 is 2.04 bits per heavy atom. The Labute approximate surface area is 141 Å². The zero-order valence-corrected chi connectivity index (χ0v) is 13.1. The second kappa shape index (κ2) is 6.47. The molecule has 0 bridgehead atoms. The highest BCUT2D eigenvalue weighted by Gasteiger charge is 2.07. The first-order chi connectivity index (χ1) is 11.9. The van der Waals surface area contributed by atoms with Gasteiger partial charge in [0, 0.05) is 5.56 Å². The van der Waals surface area contributed by atoms with Crippen LogP contribution in [0, 0.1) is 0 Å². The molecule has 0 spiro atoms. The third-order valence-corrected chi connectivity index (χ3v) is 4.01. The number of nitrogens with zero attached hydrogens (tertiary/aromatic N) is 2. The van der Waals surface area contributed by atoms with E-state index in [1.54, 1.807) is 0 Å². The third kappa shape index (κ3) is 2.82. The van der Waals surface area contributed by atoms with E-state index in [0.717, 1.165) is 16.9 Å². The minimum atomic E-state index is 0.852. The summed E-state index contributed by atoms with van der Waals surface area (Å²) in [6.45, 7) is 0. The van der Waals surface area contributed by atoms with Gasteiger partial charge in [-0.05, 0) is 34.5 Å². The fourth-order valence-corrected chi connectivity index (χ4v) is 2.86. The fraction of sp³-hybridized carbons (Fsp3) is 0. The van der Waals surface area contributed by atoms with E-state index in [9.17, 15) is 0 Å². The van der Waals surface area contributed by atoms with Crippen LogP contribution >= 0.6 is 0 Å². The molecule has 0 N–H and O–H groups in total. The zero-order chi connectivity index (χ0) is 16.2. The molecule has 4 aromatic rings. The number of fused-ring (bicyclic) bond motifs is 1. The standard InChI is InChI=1S/C22H16N2/c1-2-11-18(12-3-1)23-24-22-16-7-6-14-21(22)20-15-8-10-17-9-4-5-13-19(17)20/h1-16H. The van der Waals surface area contributed by atoms with E-state index in [2.05, 4.69) is 58.8 Å². The number of hydrogen-bond acceptors (Lipinski definition) is 2. The van der Waals surface area contributed by atoms with Gasteiger partial charge in [-0.25, -0.2) is 0 Å². The summed E-state index contributed by atoms with van der Waals surface area (Å²) in [5.74, 6) is 0. The Bertz CT molecular complexity index is 999. The van der Waals surface area contributed by atoms with Crippen LogP contribution in [0.2, 0.25) is 0 Å². The lowest BCUT2D eigenvalue weighted by Crippen LogP contribution is -1.82. The van der Waals surface area contributed by atoms with Crippen LogP contribution in [-0.2, 0) is 0 Å². The predicted molar refractivity (Wildman–Crippen MR) is 100 cm³/mol. The van der Waals surface area contributed by atoms with Crippen molar-refractivity contribution in [2.75, 3.05) is 0 Å². The van der Waals surface area contributed by atoms with Crippen LogP contribution in [0.5, 0.6) is 0 Å². The van der Waals surface area contributed by atoms with Crippen LogP contribution in [-0.4, -0.2) is 0 Å². The molecule has 0 aliphatic heterocycles. The summed E-state index contributed by atoms with van der Waals surface area (Å²) >= 11 is 0. The van der Waals surface area contributed by atoms with Crippen molar-refractivity contribution < 1.29 is 0 Å². The van der Waals surface area contributed by atoms with Crippen molar-refractivity contribution in [2.45, 2.75) is 0 Å². The van der Waals surface area contributed by atoms with E-state index in [1.807, 2.05) is 48.5 Å². The maximum Gasteiger partial charge on any atom is 0.0935 e. The van der Waals surface area contributed by atoms with Gasteiger partial charge in [-0.1, -0.05) is 78.9 Å². The summed E-state index contributed by atoms with van der Waals surface area (Å²) in [5.41, 5.74) is 3.99. The Morgan fingerprint density at radius 2 is 1.12 bits per heavy atom. The van der Waals surface area contributed by atoms with Crippen molar-refractivity contribution >= 4 is 22.1 Å². The van der Waals surface area contributed by atoms with E-state index < -0.39 is 0 Å². The van der Waals surface area contributed by atoms with Gasteiger partial charge in [-0.15, -0.1) is 5.11 Å². The molecular weight excluding hydrogens is 292 g/mol. The fourth-order valence-electron chi connectivity index (χ4n) is 2.86. The molecule has 24 heavy (non-hydrogen) atoms. The molecule has 0 saturated heterocycles. The molecule has 2 nitrogen and oxygen atoms in total.